The van der Waals surface area contributed by atoms with Crippen LogP contribution in [0.3, 0.4) is 0 Å². The molecular formula is C9H15NO2. The monoisotopic (exact) mass is 169 g/mol. The highest BCUT2D eigenvalue weighted by atomic mass is 16.4. The van der Waals surface area contributed by atoms with Gasteiger partial charge >= 0.3 is 5.97 Å². The lowest BCUT2D eigenvalue weighted by molar-refractivity contribution is -0.146. The molecule has 0 bridgehead atoms. The maximum atomic E-state index is 10.7. The summed E-state index contributed by atoms with van der Waals surface area (Å²) in [7, 11) is 0. The number of hydrogen-bond acceptors (Lipinski definition) is 2. The lowest BCUT2D eigenvalue weighted by Crippen LogP contribution is -2.59. The van der Waals surface area contributed by atoms with E-state index in [1.54, 1.807) is 0 Å². The molecule has 0 aromatic rings. The molecule has 0 radical (unpaired) electrons. The molecule has 1 saturated heterocycles. The molecule has 2 unspecified atom stereocenters. The Bertz CT molecular complexity index is 187. The smallest absolute Gasteiger partial charge is 0.309 e. The van der Waals surface area contributed by atoms with E-state index >= 15 is 0 Å². The molecule has 0 aromatic carbocycles. The summed E-state index contributed by atoms with van der Waals surface area (Å²) >= 11 is 0. The zero-order chi connectivity index (χ0) is 8.55. The van der Waals surface area contributed by atoms with E-state index in [0.29, 0.717) is 12.5 Å². The SMILES string of the molecule is O=C(O)C1CNC1C1CCCC1. The van der Waals surface area contributed by atoms with Crippen molar-refractivity contribution in [3.63, 3.8) is 0 Å². The number of carboxylic acid groups (broad SMARTS) is 1. The van der Waals surface area contributed by atoms with Crippen LogP contribution in [0.1, 0.15) is 25.7 Å². The van der Waals surface area contributed by atoms with Gasteiger partial charge in [0.25, 0.3) is 0 Å². The topological polar surface area (TPSA) is 49.3 Å². The molecule has 1 saturated carbocycles. The van der Waals surface area contributed by atoms with Gasteiger partial charge in [-0.25, -0.2) is 0 Å². The van der Waals surface area contributed by atoms with Gasteiger partial charge in [0.05, 0.1) is 5.92 Å². The number of rotatable bonds is 2. The van der Waals surface area contributed by atoms with Crippen molar-refractivity contribution in [1.82, 2.24) is 5.32 Å². The van der Waals surface area contributed by atoms with Crippen molar-refractivity contribution in [3.8, 4) is 0 Å². The van der Waals surface area contributed by atoms with E-state index in [4.69, 9.17) is 5.11 Å². The second-order valence-corrected chi connectivity index (χ2v) is 3.92. The minimum Gasteiger partial charge on any atom is -0.481 e. The Morgan fingerprint density at radius 3 is 2.42 bits per heavy atom. The molecule has 2 rings (SSSR count). The fourth-order valence-corrected chi connectivity index (χ4v) is 2.42. The molecule has 68 valence electrons. The van der Waals surface area contributed by atoms with Gasteiger partial charge in [-0.3, -0.25) is 4.79 Å². The summed E-state index contributed by atoms with van der Waals surface area (Å²) in [6, 6.07) is 0.282. The van der Waals surface area contributed by atoms with Gasteiger partial charge in [0.15, 0.2) is 0 Å². The predicted molar refractivity (Wildman–Crippen MR) is 44.9 cm³/mol. The molecule has 12 heavy (non-hydrogen) atoms. The second kappa shape index (κ2) is 3.05. The van der Waals surface area contributed by atoms with Gasteiger partial charge in [0, 0.05) is 12.6 Å². The van der Waals surface area contributed by atoms with Gasteiger partial charge < -0.3 is 10.4 Å². The fourth-order valence-electron chi connectivity index (χ4n) is 2.42. The molecule has 1 heterocycles. The second-order valence-electron chi connectivity index (χ2n) is 3.92. The van der Waals surface area contributed by atoms with Crippen molar-refractivity contribution in [2.45, 2.75) is 31.7 Å². The van der Waals surface area contributed by atoms with Crippen molar-refractivity contribution < 1.29 is 9.90 Å². The molecule has 2 N–H and O–H groups in total. The summed E-state index contributed by atoms with van der Waals surface area (Å²) in [6.07, 6.45) is 5.02. The van der Waals surface area contributed by atoms with E-state index in [1.807, 2.05) is 0 Å². The Labute approximate surface area is 72.2 Å². The third-order valence-corrected chi connectivity index (χ3v) is 3.23. The van der Waals surface area contributed by atoms with Crippen molar-refractivity contribution in [2.24, 2.45) is 11.8 Å². The molecular weight excluding hydrogens is 154 g/mol. The maximum absolute atomic E-state index is 10.7. The minimum atomic E-state index is -0.620. The van der Waals surface area contributed by atoms with Gasteiger partial charge in [-0.05, 0) is 18.8 Å². The molecule has 2 atom stereocenters. The molecule has 0 spiro atoms. The Morgan fingerprint density at radius 1 is 1.33 bits per heavy atom. The van der Waals surface area contributed by atoms with Crippen molar-refractivity contribution in [2.75, 3.05) is 6.54 Å². The summed E-state index contributed by atoms with van der Waals surface area (Å²) < 4.78 is 0. The van der Waals surface area contributed by atoms with Gasteiger partial charge in [-0.15, -0.1) is 0 Å². The van der Waals surface area contributed by atoms with E-state index in [-0.39, 0.29) is 12.0 Å². The van der Waals surface area contributed by atoms with Crippen LogP contribution in [0.25, 0.3) is 0 Å². The van der Waals surface area contributed by atoms with Crippen LogP contribution in [0.4, 0.5) is 0 Å². The summed E-state index contributed by atoms with van der Waals surface area (Å²) in [4.78, 5) is 10.7. The average molecular weight is 169 g/mol. The largest absolute Gasteiger partial charge is 0.481 e. The summed E-state index contributed by atoms with van der Waals surface area (Å²) in [5, 5.41) is 12.1. The number of aliphatic carboxylic acids is 1. The van der Waals surface area contributed by atoms with Crippen LogP contribution in [0.2, 0.25) is 0 Å². The van der Waals surface area contributed by atoms with E-state index in [0.717, 1.165) is 0 Å². The van der Waals surface area contributed by atoms with Gasteiger partial charge in [0.2, 0.25) is 0 Å². The Balaban J connectivity index is 1.91. The van der Waals surface area contributed by atoms with Gasteiger partial charge in [0.1, 0.15) is 0 Å². The van der Waals surface area contributed by atoms with Crippen LogP contribution < -0.4 is 5.32 Å². The van der Waals surface area contributed by atoms with Gasteiger partial charge in [-0.2, -0.15) is 0 Å². The van der Waals surface area contributed by atoms with Crippen molar-refractivity contribution in [3.05, 3.63) is 0 Å². The lowest BCUT2D eigenvalue weighted by atomic mass is 9.81. The molecule has 0 amide bonds. The highest BCUT2D eigenvalue weighted by Crippen LogP contribution is 2.33. The average Bonchev–Trinajstić information content (AvgIpc) is 2.35. The molecule has 1 aliphatic carbocycles. The third-order valence-electron chi connectivity index (χ3n) is 3.23. The lowest BCUT2D eigenvalue weighted by Gasteiger charge is -2.39. The van der Waals surface area contributed by atoms with Crippen molar-refractivity contribution in [1.29, 1.82) is 0 Å². The standard InChI is InChI=1S/C9H15NO2/c11-9(12)7-5-10-8(7)6-3-1-2-4-6/h6-8,10H,1-5H2,(H,11,12). The highest BCUT2D eigenvalue weighted by molar-refractivity contribution is 5.72. The number of hydrogen-bond donors (Lipinski definition) is 2. The van der Waals surface area contributed by atoms with Crippen molar-refractivity contribution >= 4 is 5.97 Å². The van der Waals surface area contributed by atoms with Crippen LogP contribution in [-0.2, 0) is 4.79 Å². The molecule has 0 aromatic heterocycles. The number of nitrogens with one attached hydrogen (secondary N) is 1. The third kappa shape index (κ3) is 1.22. The summed E-state index contributed by atoms with van der Waals surface area (Å²) in [5.41, 5.74) is 0. The Morgan fingerprint density at radius 2 is 2.00 bits per heavy atom. The van der Waals surface area contributed by atoms with Crippen LogP contribution in [0, 0.1) is 11.8 Å². The molecule has 2 fully saturated rings. The minimum absolute atomic E-state index is 0.104. The number of carboxylic acids is 1. The van der Waals surface area contributed by atoms with E-state index in [1.165, 1.54) is 25.7 Å². The van der Waals surface area contributed by atoms with Crippen LogP contribution in [0.15, 0.2) is 0 Å². The normalized spacial score (nSPS) is 36.3. The first kappa shape index (κ1) is 8.05. The zero-order valence-corrected chi connectivity index (χ0v) is 7.12. The fraction of sp³-hybridized carbons (Fsp3) is 0.889. The zero-order valence-electron chi connectivity index (χ0n) is 7.12. The quantitative estimate of drug-likeness (QED) is 0.644. The molecule has 1 aliphatic heterocycles. The van der Waals surface area contributed by atoms with Gasteiger partial charge in [-0.1, -0.05) is 12.8 Å². The number of carbonyl (C=O) groups is 1. The van der Waals surface area contributed by atoms with E-state index < -0.39 is 5.97 Å². The molecule has 3 nitrogen and oxygen atoms in total. The first-order chi connectivity index (χ1) is 5.79. The van der Waals surface area contributed by atoms with E-state index in [2.05, 4.69) is 5.32 Å². The van der Waals surface area contributed by atoms with Crippen LogP contribution >= 0.6 is 0 Å². The van der Waals surface area contributed by atoms with Crippen LogP contribution in [-0.4, -0.2) is 23.7 Å². The highest BCUT2D eigenvalue weighted by Gasteiger charge is 2.41. The summed E-state index contributed by atoms with van der Waals surface area (Å²) in [5.74, 6) is -0.0846. The first-order valence-corrected chi connectivity index (χ1v) is 4.75. The Kier molecular flexibility index (Phi) is 2.05. The first-order valence-electron chi connectivity index (χ1n) is 4.75. The maximum Gasteiger partial charge on any atom is 0.309 e. The van der Waals surface area contributed by atoms with Crippen LogP contribution in [0.5, 0.6) is 0 Å². The molecule has 3 heteroatoms. The summed E-state index contributed by atoms with van der Waals surface area (Å²) in [6.45, 7) is 0.677. The van der Waals surface area contributed by atoms with E-state index in [9.17, 15) is 4.79 Å². The predicted octanol–water partition coefficient (Wildman–Crippen LogP) is 0.849. The molecule has 2 aliphatic rings. The Hall–Kier alpha value is -0.570.